The molecule has 0 aliphatic carbocycles. The van der Waals surface area contributed by atoms with E-state index in [0.29, 0.717) is 33.4 Å². The summed E-state index contributed by atoms with van der Waals surface area (Å²) in [6.45, 7) is 4.57. The average molecular weight is 558 g/mol. The van der Waals surface area contributed by atoms with Crippen LogP contribution in [0.2, 0.25) is 10.0 Å². The normalized spacial score (nSPS) is 21.9. The second-order valence-electron chi connectivity index (χ2n) is 10.6. The van der Waals surface area contributed by atoms with Gasteiger partial charge in [-0.15, -0.1) is 0 Å². The van der Waals surface area contributed by atoms with Gasteiger partial charge in [0.1, 0.15) is 0 Å². The molecule has 2 aliphatic rings. The van der Waals surface area contributed by atoms with Crippen LogP contribution in [0.1, 0.15) is 46.7 Å². The molecule has 1 aromatic heterocycles. The van der Waals surface area contributed by atoms with Gasteiger partial charge in [-0.3, -0.25) is 4.79 Å². The van der Waals surface area contributed by atoms with Crippen LogP contribution in [0.3, 0.4) is 0 Å². The van der Waals surface area contributed by atoms with E-state index in [1.165, 1.54) is 11.1 Å². The van der Waals surface area contributed by atoms with Gasteiger partial charge in [-0.1, -0.05) is 53.5 Å². The highest BCUT2D eigenvalue weighted by atomic mass is 35.5. The lowest BCUT2D eigenvalue weighted by Gasteiger charge is -2.35. The van der Waals surface area contributed by atoms with Crippen LogP contribution < -0.4 is 0 Å². The number of carbonyl (C=O) groups excluding carboxylic acids is 1. The van der Waals surface area contributed by atoms with Crippen LogP contribution in [-0.4, -0.2) is 59.6 Å². The number of rotatable bonds is 8. The van der Waals surface area contributed by atoms with Crippen molar-refractivity contribution in [1.82, 2.24) is 9.80 Å². The second kappa shape index (κ2) is 12.3. The Bertz CT molecular complexity index is 1170. The fraction of sp³-hybridized carbons (Fsp3) is 0.433. The molecule has 2 fully saturated rings. The molecule has 0 radical (unpaired) electrons. The minimum Gasteiger partial charge on any atom is -0.393 e. The van der Waals surface area contributed by atoms with Gasteiger partial charge in [0.15, 0.2) is 0 Å². The zero-order valence-corrected chi connectivity index (χ0v) is 23.3. The third kappa shape index (κ3) is 6.76. The maximum absolute atomic E-state index is 13.3. The molecular weight excluding hydrogens is 523 g/mol. The number of hydrogen-bond acceptors (Lipinski definition) is 4. The van der Waals surface area contributed by atoms with Gasteiger partial charge >= 0.3 is 0 Å². The molecule has 0 saturated carbocycles. The standard InChI is InChI=1S/C30H34Cl2N2O2S/c31-28-7-6-23(16-29(28)32)30(36)34-18-25(27(19-34)24-10-13-37-20-24)17-33-11-8-22(9-12-33)15-26(35)14-21-4-2-1-3-5-21/h1-7,10,13,16,20,22,25-27,35H,8-9,11-12,14-15,17-19H2/t25-,26?,27+/m1/s1. The van der Waals surface area contributed by atoms with E-state index in [1.807, 2.05) is 23.1 Å². The quantitative estimate of drug-likeness (QED) is 0.339. The van der Waals surface area contributed by atoms with Crippen molar-refractivity contribution in [2.75, 3.05) is 32.7 Å². The Morgan fingerprint density at radius 2 is 1.81 bits per heavy atom. The summed E-state index contributed by atoms with van der Waals surface area (Å²) in [6, 6.07) is 17.6. The van der Waals surface area contributed by atoms with Gasteiger partial charge in [-0.05, 0) is 96.8 Å². The van der Waals surface area contributed by atoms with Gasteiger partial charge in [0.25, 0.3) is 5.91 Å². The number of amides is 1. The van der Waals surface area contributed by atoms with Crippen molar-refractivity contribution in [3.05, 3.63) is 92.1 Å². The Balaban J connectivity index is 1.17. The van der Waals surface area contributed by atoms with Crippen LogP contribution in [0.25, 0.3) is 0 Å². The molecule has 3 atom stereocenters. The first-order valence-electron chi connectivity index (χ1n) is 13.2. The molecule has 3 aromatic rings. The Hall–Kier alpha value is -1.89. The first-order valence-corrected chi connectivity index (χ1v) is 14.9. The van der Waals surface area contributed by atoms with Crippen LogP contribution in [-0.2, 0) is 6.42 Å². The Labute approximate surface area is 233 Å². The SMILES string of the molecule is O=C(c1ccc(Cl)c(Cl)c1)N1C[C@@H](CN2CCC(CC(O)Cc3ccccc3)CC2)[C@H](c2ccsc2)C1. The molecule has 196 valence electrons. The highest BCUT2D eigenvalue weighted by Gasteiger charge is 2.38. The predicted molar refractivity (Wildman–Crippen MR) is 153 cm³/mol. The summed E-state index contributed by atoms with van der Waals surface area (Å²) in [5.41, 5.74) is 3.13. The van der Waals surface area contributed by atoms with Gasteiger partial charge in [0.05, 0.1) is 16.1 Å². The van der Waals surface area contributed by atoms with Crippen molar-refractivity contribution in [2.45, 2.75) is 37.7 Å². The van der Waals surface area contributed by atoms with Gasteiger partial charge < -0.3 is 14.9 Å². The summed E-state index contributed by atoms with van der Waals surface area (Å²) in [4.78, 5) is 17.9. The molecule has 2 aliphatic heterocycles. The van der Waals surface area contributed by atoms with Crippen LogP contribution in [0.4, 0.5) is 0 Å². The molecule has 2 saturated heterocycles. The largest absolute Gasteiger partial charge is 0.393 e. The van der Waals surface area contributed by atoms with E-state index in [9.17, 15) is 9.90 Å². The zero-order chi connectivity index (χ0) is 25.8. The summed E-state index contributed by atoms with van der Waals surface area (Å²) < 4.78 is 0. The number of halogens is 2. The molecule has 4 nitrogen and oxygen atoms in total. The summed E-state index contributed by atoms with van der Waals surface area (Å²) in [6.07, 6.45) is 3.56. The Morgan fingerprint density at radius 1 is 1.03 bits per heavy atom. The molecule has 0 spiro atoms. The second-order valence-corrected chi connectivity index (χ2v) is 12.2. The number of aliphatic hydroxyl groups excluding tert-OH is 1. The lowest BCUT2D eigenvalue weighted by molar-refractivity contribution is 0.0777. The molecule has 1 amide bonds. The van der Waals surface area contributed by atoms with Crippen molar-refractivity contribution in [2.24, 2.45) is 11.8 Å². The van der Waals surface area contributed by atoms with Gasteiger partial charge in [0, 0.05) is 31.1 Å². The number of nitrogens with zero attached hydrogens (tertiary/aromatic N) is 2. The number of aliphatic hydroxyl groups is 1. The molecule has 3 heterocycles. The number of thiophene rings is 1. The van der Waals surface area contributed by atoms with E-state index < -0.39 is 0 Å². The molecule has 2 aromatic carbocycles. The molecule has 5 rings (SSSR count). The van der Waals surface area contributed by atoms with E-state index in [0.717, 1.165) is 58.4 Å². The van der Waals surface area contributed by atoms with E-state index in [2.05, 4.69) is 33.9 Å². The minimum atomic E-state index is -0.280. The first kappa shape index (κ1) is 26.7. The molecule has 0 bridgehead atoms. The summed E-state index contributed by atoms with van der Waals surface area (Å²) >= 11 is 14.0. The maximum atomic E-state index is 13.3. The number of hydrogen-bond donors (Lipinski definition) is 1. The molecule has 37 heavy (non-hydrogen) atoms. The molecular formula is C30H34Cl2N2O2S. The maximum Gasteiger partial charge on any atom is 0.253 e. The number of carbonyl (C=O) groups is 1. The summed E-state index contributed by atoms with van der Waals surface area (Å²) in [5, 5.41) is 15.9. The highest BCUT2D eigenvalue weighted by Crippen LogP contribution is 2.36. The fourth-order valence-corrected chi connectivity index (χ4v) is 7.01. The molecule has 1 N–H and O–H groups in total. The summed E-state index contributed by atoms with van der Waals surface area (Å²) in [7, 11) is 0. The first-order chi connectivity index (χ1) is 18.0. The number of benzene rings is 2. The van der Waals surface area contributed by atoms with Gasteiger partial charge in [-0.2, -0.15) is 11.3 Å². The topological polar surface area (TPSA) is 43.8 Å². The van der Waals surface area contributed by atoms with Crippen molar-refractivity contribution < 1.29 is 9.90 Å². The lowest BCUT2D eigenvalue weighted by atomic mass is 9.87. The fourth-order valence-electron chi connectivity index (χ4n) is 5.99. The smallest absolute Gasteiger partial charge is 0.253 e. The predicted octanol–water partition coefficient (Wildman–Crippen LogP) is 6.62. The average Bonchev–Trinajstić information content (AvgIpc) is 3.57. The lowest BCUT2D eigenvalue weighted by Crippen LogP contribution is -2.39. The van der Waals surface area contributed by atoms with Crippen LogP contribution in [0, 0.1) is 11.8 Å². The minimum absolute atomic E-state index is 0.0207. The van der Waals surface area contributed by atoms with E-state index in [1.54, 1.807) is 29.5 Å². The highest BCUT2D eigenvalue weighted by molar-refractivity contribution is 7.08. The van der Waals surface area contributed by atoms with Gasteiger partial charge in [-0.25, -0.2) is 0 Å². The summed E-state index contributed by atoms with van der Waals surface area (Å²) in [5.74, 6) is 1.32. The van der Waals surface area contributed by atoms with Crippen molar-refractivity contribution in [3.8, 4) is 0 Å². The number of likely N-dealkylation sites (tertiary alicyclic amines) is 2. The third-order valence-corrected chi connectivity index (χ3v) is 9.43. The zero-order valence-electron chi connectivity index (χ0n) is 20.9. The van der Waals surface area contributed by atoms with E-state index in [-0.39, 0.29) is 12.0 Å². The Kier molecular flexibility index (Phi) is 8.89. The molecule has 1 unspecified atom stereocenters. The van der Waals surface area contributed by atoms with Crippen LogP contribution in [0.15, 0.2) is 65.4 Å². The third-order valence-electron chi connectivity index (χ3n) is 7.99. The van der Waals surface area contributed by atoms with E-state index in [4.69, 9.17) is 23.2 Å². The monoisotopic (exact) mass is 556 g/mol. The van der Waals surface area contributed by atoms with Crippen molar-refractivity contribution in [3.63, 3.8) is 0 Å². The van der Waals surface area contributed by atoms with Crippen molar-refractivity contribution >= 4 is 40.4 Å². The van der Waals surface area contributed by atoms with Crippen LogP contribution in [0.5, 0.6) is 0 Å². The van der Waals surface area contributed by atoms with E-state index >= 15 is 0 Å². The Morgan fingerprint density at radius 3 is 2.51 bits per heavy atom. The number of piperidine rings is 1. The molecule has 7 heteroatoms. The van der Waals surface area contributed by atoms with Gasteiger partial charge in [0.2, 0.25) is 0 Å². The van der Waals surface area contributed by atoms with Crippen molar-refractivity contribution in [1.29, 1.82) is 0 Å². The van der Waals surface area contributed by atoms with Crippen LogP contribution >= 0.6 is 34.5 Å².